The van der Waals surface area contributed by atoms with Crippen molar-refractivity contribution in [2.45, 2.75) is 62.9 Å². The van der Waals surface area contributed by atoms with E-state index in [1.54, 1.807) is 11.7 Å². The van der Waals surface area contributed by atoms with Gasteiger partial charge in [-0.1, -0.05) is 58.9 Å². The van der Waals surface area contributed by atoms with Gasteiger partial charge >= 0.3 is 0 Å². The monoisotopic (exact) mass is 605 g/mol. The van der Waals surface area contributed by atoms with Crippen LogP contribution in [0.4, 0.5) is 0 Å². The zero-order valence-electron chi connectivity index (χ0n) is 24.4. The van der Waals surface area contributed by atoms with Crippen LogP contribution in [0.5, 0.6) is 0 Å². The van der Waals surface area contributed by atoms with Gasteiger partial charge in [-0.15, -0.1) is 0 Å². The van der Waals surface area contributed by atoms with Crippen molar-refractivity contribution in [3.8, 4) is 0 Å². The van der Waals surface area contributed by atoms with E-state index >= 15 is 0 Å². The summed E-state index contributed by atoms with van der Waals surface area (Å²) >= 11 is 0.904. The number of hydrogen-bond acceptors (Lipinski definition) is 7. The van der Waals surface area contributed by atoms with Gasteiger partial charge in [0.15, 0.2) is 0 Å². The number of aryl methyl sites for hydroxylation is 6. The van der Waals surface area contributed by atoms with Gasteiger partial charge in [0.1, 0.15) is 10.6 Å². The van der Waals surface area contributed by atoms with E-state index in [2.05, 4.69) is 64.9 Å². The van der Waals surface area contributed by atoms with E-state index in [4.69, 9.17) is 0 Å². The third-order valence-corrected chi connectivity index (χ3v) is 10.3. The highest BCUT2D eigenvalue weighted by Gasteiger charge is 2.27. The van der Waals surface area contributed by atoms with Crippen LogP contribution in [0.25, 0.3) is 0 Å². The standard InChI is InChI=1S/C16H19N3O.C15H16N2O3S2/c1-10-4-6-13-12(8-10)5-7-14(13)17-16(20)15-9-11(2)18-19(15)3;1-9-3-5-11-10(7-9)4-6-12(11)17-14(18)13-8-16-15(21-13)22(2,19)20/h4,6,8-9,14H,5,7H2,1-3H3,(H,17,20);3,5,7-8,12H,4,6H2,1-2H3,(H,17,18)/t14-;12-/m11/s1. The third kappa shape index (κ3) is 6.47. The summed E-state index contributed by atoms with van der Waals surface area (Å²) in [5, 5.41) is 10.3. The Morgan fingerprint density at radius 3 is 1.90 bits per heavy atom. The van der Waals surface area contributed by atoms with Crippen LogP contribution < -0.4 is 10.6 Å². The molecular formula is C31H35N5O4S2. The van der Waals surface area contributed by atoms with E-state index in [1.165, 1.54) is 34.0 Å². The number of carbonyl (C=O) groups excluding carboxylic acids is 2. The molecule has 0 spiro atoms. The number of amides is 2. The van der Waals surface area contributed by atoms with Crippen LogP contribution in [0.1, 0.15) is 84.2 Å². The van der Waals surface area contributed by atoms with Crippen molar-refractivity contribution in [1.82, 2.24) is 25.4 Å². The molecule has 2 aliphatic carbocycles. The molecular weight excluding hydrogens is 571 g/mol. The molecule has 0 unspecified atom stereocenters. The molecule has 9 nitrogen and oxygen atoms in total. The van der Waals surface area contributed by atoms with E-state index in [0.29, 0.717) is 10.6 Å². The molecule has 0 aliphatic heterocycles. The van der Waals surface area contributed by atoms with Crippen molar-refractivity contribution < 1.29 is 18.0 Å². The summed E-state index contributed by atoms with van der Waals surface area (Å²) in [5.41, 5.74) is 8.99. The van der Waals surface area contributed by atoms with Crippen LogP contribution in [-0.4, -0.2) is 41.3 Å². The fraction of sp³-hybridized carbons (Fsp3) is 0.355. The molecule has 42 heavy (non-hydrogen) atoms. The Labute approximate surface area is 250 Å². The molecule has 2 aromatic heterocycles. The lowest BCUT2D eigenvalue weighted by Gasteiger charge is -2.14. The number of benzene rings is 2. The number of nitrogens with one attached hydrogen (secondary N) is 2. The molecule has 2 amide bonds. The number of carbonyl (C=O) groups is 2. The van der Waals surface area contributed by atoms with Crippen LogP contribution in [0.3, 0.4) is 0 Å². The number of thiazole rings is 1. The maximum absolute atomic E-state index is 12.3. The third-order valence-electron chi connectivity index (χ3n) is 7.62. The smallest absolute Gasteiger partial charge is 0.270 e. The largest absolute Gasteiger partial charge is 0.344 e. The molecule has 0 saturated heterocycles. The summed E-state index contributed by atoms with van der Waals surface area (Å²) in [4.78, 5) is 28.8. The van der Waals surface area contributed by atoms with E-state index in [-0.39, 0.29) is 28.2 Å². The fourth-order valence-corrected chi connectivity index (χ4v) is 7.28. The van der Waals surface area contributed by atoms with Crippen molar-refractivity contribution in [2.75, 3.05) is 6.26 Å². The molecule has 0 fully saturated rings. The molecule has 2 aliphatic rings. The minimum absolute atomic E-state index is 0.0214. The van der Waals surface area contributed by atoms with Gasteiger partial charge in [0, 0.05) is 13.3 Å². The van der Waals surface area contributed by atoms with Gasteiger partial charge in [-0.05, 0) is 74.8 Å². The number of rotatable bonds is 5. The van der Waals surface area contributed by atoms with Crippen LogP contribution in [0, 0.1) is 20.8 Å². The summed E-state index contributed by atoms with van der Waals surface area (Å²) in [6.07, 6.45) is 6.22. The summed E-state index contributed by atoms with van der Waals surface area (Å²) < 4.78 is 24.5. The quantitative estimate of drug-likeness (QED) is 0.339. The molecule has 4 aromatic rings. The topological polar surface area (TPSA) is 123 Å². The Hall–Kier alpha value is -3.83. The second-order valence-electron chi connectivity index (χ2n) is 11.1. The maximum atomic E-state index is 12.3. The van der Waals surface area contributed by atoms with Gasteiger partial charge in [-0.25, -0.2) is 13.4 Å². The molecule has 11 heteroatoms. The average molecular weight is 606 g/mol. The van der Waals surface area contributed by atoms with Crippen LogP contribution in [0.15, 0.2) is 53.0 Å². The molecule has 0 radical (unpaired) electrons. The Kier molecular flexibility index (Phi) is 8.34. The van der Waals surface area contributed by atoms with Gasteiger partial charge in [0.05, 0.1) is 24.0 Å². The molecule has 2 heterocycles. The van der Waals surface area contributed by atoms with Crippen molar-refractivity contribution in [1.29, 1.82) is 0 Å². The molecule has 0 saturated carbocycles. The number of nitrogens with zero attached hydrogens (tertiary/aromatic N) is 3. The lowest BCUT2D eigenvalue weighted by atomic mass is 10.1. The first-order valence-corrected chi connectivity index (χ1v) is 16.6. The number of aromatic nitrogens is 3. The molecule has 2 atom stereocenters. The lowest BCUT2D eigenvalue weighted by Crippen LogP contribution is -2.28. The molecule has 6 rings (SSSR count). The Morgan fingerprint density at radius 2 is 1.43 bits per heavy atom. The molecule has 0 bridgehead atoms. The van der Waals surface area contributed by atoms with E-state index in [9.17, 15) is 18.0 Å². The molecule has 220 valence electrons. The maximum Gasteiger partial charge on any atom is 0.270 e. The first kappa shape index (κ1) is 29.7. The second-order valence-corrected chi connectivity index (χ2v) is 14.3. The van der Waals surface area contributed by atoms with Crippen LogP contribution in [0.2, 0.25) is 0 Å². The van der Waals surface area contributed by atoms with Crippen molar-refractivity contribution in [3.05, 3.63) is 98.3 Å². The van der Waals surface area contributed by atoms with E-state index in [0.717, 1.165) is 54.5 Å². The summed E-state index contributed by atoms with van der Waals surface area (Å²) in [6.45, 7) is 6.05. The highest BCUT2D eigenvalue weighted by molar-refractivity contribution is 7.92. The summed E-state index contributed by atoms with van der Waals surface area (Å²) in [7, 11) is -1.57. The van der Waals surface area contributed by atoms with Gasteiger partial charge in [-0.3, -0.25) is 14.3 Å². The predicted octanol–water partition coefficient (Wildman–Crippen LogP) is 4.73. The molecule has 2 N–H and O–H groups in total. The first-order chi connectivity index (χ1) is 19.9. The average Bonchev–Trinajstić information content (AvgIpc) is 3.71. The fourth-order valence-electron chi connectivity index (χ4n) is 5.61. The van der Waals surface area contributed by atoms with Gasteiger partial charge in [0.25, 0.3) is 11.8 Å². The summed E-state index contributed by atoms with van der Waals surface area (Å²) in [6, 6.07) is 14.6. The Balaban J connectivity index is 0.000000169. The first-order valence-electron chi connectivity index (χ1n) is 13.9. The van der Waals surface area contributed by atoms with Gasteiger partial charge in [0.2, 0.25) is 14.2 Å². The van der Waals surface area contributed by atoms with Gasteiger partial charge < -0.3 is 10.6 Å². The normalized spacial score (nSPS) is 17.2. The van der Waals surface area contributed by atoms with Crippen molar-refractivity contribution in [3.63, 3.8) is 0 Å². The van der Waals surface area contributed by atoms with Gasteiger partial charge in [-0.2, -0.15) is 5.10 Å². The zero-order chi connectivity index (χ0) is 30.2. The highest BCUT2D eigenvalue weighted by atomic mass is 32.2. The minimum atomic E-state index is -3.37. The number of hydrogen-bond donors (Lipinski definition) is 2. The van der Waals surface area contributed by atoms with Crippen molar-refractivity contribution in [2.24, 2.45) is 7.05 Å². The van der Waals surface area contributed by atoms with E-state index in [1.807, 2.05) is 19.1 Å². The minimum Gasteiger partial charge on any atom is -0.344 e. The molecule has 2 aromatic carbocycles. The second kappa shape index (κ2) is 11.8. The van der Waals surface area contributed by atoms with Crippen LogP contribution >= 0.6 is 11.3 Å². The summed E-state index contributed by atoms with van der Waals surface area (Å²) in [5.74, 6) is -0.322. The predicted molar refractivity (Wildman–Crippen MR) is 163 cm³/mol. The van der Waals surface area contributed by atoms with E-state index < -0.39 is 9.84 Å². The Bertz CT molecular complexity index is 1770. The van der Waals surface area contributed by atoms with Crippen LogP contribution in [-0.2, 0) is 29.7 Å². The highest BCUT2D eigenvalue weighted by Crippen LogP contribution is 2.33. The zero-order valence-corrected chi connectivity index (χ0v) is 26.0. The SMILES string of the molecule is Cc1ccc2c(c1)CC[C@H]2NC(=O)c1cc(C)nn1C.Cc1ccc2c(c1)CC[C@H]2NC(=O)c1cnc(S(C)(=O)=O)s1. The number of fused-ring (bicyclic) bond motifs is 2. The van der Waals surface area contributed by atoms with Crippen molar-refractivity contribution >= 4 is 33.0 Å². The lowest BCUT2D eigenvalue weighted by molar-refractivity contribution is 0.0923. The Morgan fingerprint density at radius 1 is 0.881 bits per heavy atom. The number of sulfone groups is 1.